The Bertz CT molecular complexity index is 685. The van der Waals surface area contributed by atoms with Crippen LogP contribution in [-0.2, 0) is 0 Å². The molecule has 1 saturated heterocycles. The van der Waals surface area contributed by atoms with Crippen LogP contribution < -0.4 is 4.90 Å². The highest BCUT2D eigenvalue weighted by atomic mass is 15.6. The second kappa shape index (κ2) is 5.39. The number of hydrogen-bond acceptors (Lipinski definition) is 6. The smallest absolute Gasteiger partial charge is 0.250 e. The summed E-state index contributed by atoms with van der Waals surface area (Å²) >= 11 is 0. The lowest BCUT2D eigenvalue weighted by Crippen LogP contribution is -2.54. The third kappa shape index (κ3) is 2.31. The molecule has 1 saturated carbocycles. The van der Waals surface area contributed by atoms with Gasteiger partial charge in [-0.1, -0.05) is 23.3 Å². The third-order valence-electron chi connectivity index (χ3n) is 4.32. The molecule has 2 heterocycles. The monoisotopic (exact) mass is 295 g/mol. The highest BCUT2D eigenvalue weighted by Gasteiger charge is 2.38. The van der Waals surface area contributed by atoms with E-state index >= 15 is 0 Å². The van der Waals surface area contributed by atoms with Gasteiger partial charge in [0.25, 0.3) is 5.95 Å². The maximum Gasteiger partial charge on any atom is 0.250 e. The van der Waals surface area contributed by atoms with Gasteiger partial charge in [-0.05, 0) is 35.4 Å². The van der Waals surface area contributed by atoms with E-state index in [0.29, 0.717) is 18.5 Å². The van der Waals surface area contributed by atoms with Crippen molar-refractivity contribution in [1.82, 2.24) is 25.1 Å². The number of nitrogens with zero attached hydrogens (tertiary/aromatic N) is 7. The minimum atomic E-state index is -0.0813. The maximum absolute atomic E-state index is 9.46. The maximum atomic E-state index is 9.46. The van der Waals surface area contributed by atoms with Crippen LogP contribution in [0.3, 0.4) is 0 Å². The standard InChI is InChI=1S/C15H17N7/c16-10-14-11-20(8-9-21(14)12-6-7-12)15-17-18-19-22(15)13-4-2-1-3-5-13/h1-5,12,14H,6-9,11H2. The molecule has 0 bridgehead atoms. The van der Waals surface area contributed by atoms with Crippen LogP contribution in [0.25, 0.3) is 5.69 Å². The predicted octanol–water partition coefficient (Wildman–Crippen LogP) is 0.839. The first-order valence-electron chi connectivity index (χ1n) is 7.61. The quantitative estimate of drug-likeness (QED) is 0.835. The van der Waals surface area contributed by atoms with E-state index in [1.54, 1.807) is 4.68 Å². The Labute approximate surface area is 128 Å². The van der Waals surface area contributed by atoms with Gasteiger partial charge in [0.2, 0.25) is 0 Å². The van der Waals surface area contributed by atoms with Crippen molar-refractivity contribution in [3.8, 4) is 11.8 Å². The van der Waals surface area contributed by atoms with Gasteiger partial charge in [-0.25, -0.2) is 0 Å². The highest BCUT2D eigenvalue weighted by molar-refractivity contribution is 5.41. The molecule has 1 aromatic heterocycles. The Balaban J connectivity index is 1.59. The third-order valence-corrected chi connectivity index (χ3v) is 4.32. The van der Waals surface area contributed by atoms with Crippen molar-refractivity contribution in [3.05, 3.63) is 30.3 Å². The van der Waals surface area contributed by atoms with Crippen LogP contribution in [0.5, 0.6) is 0 Å². The number of tetrazole rings is 1. The lowest BCUT2D eigenvalue weighted by molar-refractivity contribution is 0.202. The van der Waals surface area contributed by atoms with Gasteiger partial charge >= 0.3 is 0 Å². The minimum absolute atomic E-state index is 0.0813. The zero-order valence-electron chi connectivity index (χ0n) is 12.2. The number of nitriles is 1. The minimum Gasteiger partial charge on any atom is -0.335 e. The second-order valence-corrected chi connectivity index (χ2v) is 5.79. The van der Waals surface area contributed by atoms with E-state index in [2.05, 4.69) is 31.4 Å². The molecule has 4 rings (SSSR count). The first-order chi connectivity index (χ1) is 10.9. The molecule has 0 spiro atoms. The second-order valence-electron chi connectivity index (χ2n) is 5.79. The van der Waals surface area contributed by atoms with Crippen LogP contribution >= 0.6 is 0 Å². The Morgan fingerprint density at radius 1 is 1.14 bits per heavy atom. The zero-order chi connectivity index (χ0) is 14.9. The molecule has 1 aliphatic carbocycles. The summed E-state index contributed by atoms with van der Waals surface area (Å²) in [7, 11) is 0. The fraction of sp³-hybridized carbons (Fsp3) is 0.467. The van der Waals surface area contributed by atoms with Crippen LogP contribution in [-0.4, -0.2) is 56.8 Å². The van der Waals surface area contributed by atoms with E-state index < -0.39 is 0 Å². The number of piperazine rings is 1. The summed E-state index contributed by atoms with van der Waals surface area (Å²) in [5, 5.41) is 21.5. The van der Waals surface area contributed by atoms with Gasteiger partial charge in [0, 0.05) is 25.7 Å². The van der Waals surface area contributed by atoms with Crippen molar-refractivity contribution in [1.29, 1.82) is 5.26 Å². The summed E-state index contributed by atoms with van der Waals surface area (Å²) in [5.41, 5.74) is 0.931. The SMILES string of the molecule is N#CC1CN(c2nnnn2-c2ccccc2)CCN1C1CC1. The Kier molecular flexibility index (Phi) is 3.24. The first kappa shape index (κ1) is 13.2. The number of para-hydroxylation sites is 1. The predicted molar refractivity (Wildman–Crippen MR) is 80.5 cm³/mol. The number of hydrogen-bond donors (Lipinski definition) is 0. The van der Waals surface area contributed by atoms with Gasteiger partial charge in [0.15, 0.2) is 0 Å². The molecule has 1 unspecified atom stereocenters. The van der Waals surface area contributed by atoms with E-state index in [0.717, 1.165) is 18.8 Å². The fourth-order valence-corrected chi connectivity index (χ4v) is 3.05. The molecule has 0 radical (unpaired) electrons. The molecule has 2 fully saturated rings. The molecule has 1 aliphatic heterocycles. The summed E-state index contributed by atoms with van der Waals surface area (Å²) in [4.78, 5) is 4.44. The molecule has 0 amide bonds. The molecule has 112 valence electrons. The summed E-state index contributed by atoms with van der Waals surface area (Å²) in [6, 6.07) is 12.8. The average Bonchev–Trinajstić information content (AvgIpc) is 3.31. The number of aromatic nitrogens is 4. The van der Waals surface area contributed by atoms with E-state index in [9.17, 15) is 5.26 Å². The van der Waals surface area contributed by atoms with Crippen molar-refractivity contribution in [3.63, 3.8) is 0 Å². The van der Waals surface area contributed by atoms with Gasteiger partial charge in [-0.2, -0.15) is 9.94 Å². The van der Waals surface area contributed by atoms with Crippen LogP contribution in [0.1, 0.15) is 12.8 Å². The lowest BCUT2D eigenvalue weighted by Gasteiger charge is -2.38. The largest absolute Gasteiger partial charge is 0.335 e. The molecule has 7 heteroatoms. The molecule has 7 nitrogen and oxygen atoms in total. The summed E-state index contributed by atoms with van der Waals surface area (Å²) in [5.74, 6) is 0.710. The normalized spacial score (nSPS) is 22.5. The highest BCUT2D eigenvalue weighted by Crippen LogP contribution is 2.31. The molecule has 2 aliphatic rings. The van der Waals surface area contributed by atoms with Gasteiger partial charge in [0.05, 0.1) is 11.8 Å². The van der Waals surface area contributed by atoms with Crippen molar-refractivity contribution < 1.29 is 0 Å². The first-order valence-corrected chi connectivity index (χ1v) is 7.61. The molecular formula is C15H17N7. The molecule has 2 aromatic rings. The van der Waals surface area contributed by atoms with Gasteiger partial charge in [0.1, 0.15) is 6.04 Å². The molecule has 1 atom stereocenters. The summed E-state index contributed by atoms with van der Waals surface area (Å²) in [6.45, 7) is 2.40. The van der Waals surface area contributed by atoms with Gasteiger partial charge < -0.3 is 4.90 Å². The van der Waals surface area contributed by atoms with Crippen LogP contribution in [0.15, 0.2) is 30.3 Å². The lowest BCUT2D eigenvalue weighted by atomic mass is 10.2. The Hall–Kier alpha value is -2.46. The van der Waals surface area contributed by atoms with Crippen LogP contribution in [0.4, 0.5) is 5.95 Å². The van der Waals surface area contributed by atoms with Gasteiger partial charge in [-0.3, -0.25) is 4.90 Å². The van der Waals surface area contributed by atoms with Crippen molar-refractivity contribution in [2.24, 2.45) is 0 Å². The van der Waals surface area contributed by atoms with E-state index in [1.807, 2.05) is 30.3 Å². The molecular weight excluding hydrogens is 278 g/mol. The number of anilines is 1. The Morgan fingerprint density at radius 2 is 1.95 bits per heavy atom. The van der Waals surface area contributed by atoms with Gasteiger partial charge in [-0.15, -0.1) is 0 Å². The average molecular weight is 295 g/mol. The van der Waals surface area contributed by atoms with Crippen molar-refractivity contribution >= 4 is 5.95 Å². The van der Waals surface area contributed by atoms with E-state index in [1.165, 1.54) is 12.8 Å². The van der Waals surface area contributed by atoms with E-state index in [-0.39, 0.29) is 6.04 Å². The fourth-order valence-electron chi connectivity index (χ4n) is 3.05. The van der Waals surface area contributed by atoms with Crippen LogP contribution in [0, 0.1) is 11.3 Å². The van der Waals surface area contributed by atoms with E-state index in [4.69, 9.17) is 0 Å². The Morgan fingerprint density at radius 3 is 2.68 bits per heavy atom. The summed E-state index contributed by atoms with van der Waals surface area (Å²) < 4.78 is 1.74. The number of benzene rings is 1. The summed E-state index contributed by atoms with van der Waals surface area (Å²) in [6.07, 6.45) is 2.44. The van der Waals surface area contributed by atoms with Crippen LogP contribution in [0.2, 0.25) is 0 Å². The van der Waals surface area contributed by atoms with Crippen molar-refractivity contribution in [2.75, 3.05) is 24.5 Å². The topological polar surface area (TPSA) is 73.9 Å². The zero-order valence-corrected chi connectivity index (χ0v) is 12.2. The molecule has 22 heavy (non-hydrogen) atoms. The molecule has 1 aromatic carbocycles. The molecule has 0 N–H and O–H groups in total. The number of rotatable bonds is 3. The van der Waals surface area contributed by atoms with Crippen molar-refractivity contribution in [2.45, 2.75) is 24.9 Å².